The second-order valence-corrected chi connectivity index (χ2v) is 9.57. The molecule has 1 aliphatic rings. The number of carbonyl (C=O) groups excluding carboxylic acids is 3. The van der Waals surface area contributed by atoms with E-state index in [0.29, 0.717) is 28.1 Å². The third-order valence-corrected chi connectivity index (χ3v) is 6.34. The van der Waals surface area contributed by atoms with Gasteiger partial charge in [-0.2, -0.15) is 0 Å². The predicted octanol–water partition coefficient (Wildman–Crippen LogP) is 3.94. The van der Waals surface area contributed by atoms with Crippen molar-refractivity contribution < 1.29 is 23.9 Å². The Balaban J connectivity index is 1.49. The number of hydrogen-bond donors (Lipinski definition) is 4. The zero-order valence-electron chi connectivity index (χ0n) is 19.9. The van der Waals surface area contributed by atoms with Crippen LogP contribution in [0.5, 0.6) is 5.75 Å². The molecule has 0 heterocycles. The molecule has 3 rings (SSSR count). The van der Waals surface area contributed by atoms with E-state index in [2.05, 4.69) is 37.4 Å². The Kier molecular flexibility index (Phi) is 10.6. The lowest BCUT2D eigenvalue weighted by Gasteiger charge is -2.20. The summed E-state index contributed by atoms with van der Waals surface area (Å²) >= 11 is 8.47. The van der Waals surface area contributed by atoms with Crippen LogP contribution in [0, 0.1) is 5.92 Å². The van der Waals surface area contributed by atoms with E-state index in [1.165, 1.54) is 6.42 Å². The quantitative estimate of drug-likeness (QED) is 0.213. The molecule has 1 aliphatic carbocycles. The molecule has 9 nitrogen and oxygen atoms in total. The molecule has 0 atom stereocenters. The van der Waals surface area contributed by atoms with Crippen LogP contribution >= 0.6 is 28.1 Å². The molecule has 0 bridgehead atoms. The van der Waals surface area contributed by atoms with Crippen LogP contribution in [-0.4, -0.2) is 43.2 Å². The molecule has 2 aromatic rings. The topological polar surface area (TPSA) is 118 Å². The lowest BCUT2D eigenvalue weighted by molar-refractivity contribution is -0.120. The van der Waals surface area contributed by atoms with Crippen LogP contribution in [0.3, 0.4) is 0 Å². The highest BCUT2D eigenvalue weighted by molar-refractivity contribution is 9.10. The fourth-order valence-electron chi connectivity index (χ4n) is 3.74. The van der Waals surface area contributed by atoms with Gasteiger partial charge in [-0.15, -0.1) is 0 Å². The van der Waals surface area contributed by atoms with Crippen molar-refractivity contribution in [2.75, 3.05) is 25.6 Å². The molecule has 1 saturated carbocycles. The SMILES string of the molecule is COCCOc1ccc(Br)cc1C(=O)NC(=S)NNC(=O)c1ccc(NC(=O)C2CCCCC2)cc1. The Labute approximate surface area is 223 Å². The molecule has 192 valence electrons. The summed E-state index contributed by atoms with van der Waals surface area (Å²) in [6.07, 6.45) is 5.18. The summed E-state index contributed by atoms with van der Waals surface area (Å²) in [6.45, 7) is 0.650. The van der Waals surface area contributed by atoms with E-state index in [4.69, 9.17) is 21.7 Å². The zero-order chi connectivity index (χ0) is 25.9. The number of nitrogens with one attached hydrogen (secondary N) is 4. The van der Waals surface area contributed by atoms with Gasteiger partial charge in [0.2, 0.25) is 5.91 Å². The zero-order valence-corrected chi connectivity index (χ0v) is 22.3. The Morgan fingerprint density at radius 1 is 0.972 bits per heavy atom. The molecule has 0 aliphatic heterocycles. The number of ether oxygens (including phenoxy) is 2. The smallest absolute Gasteiger partial charge is 0.269 e. The fourth-order valence-corrected chi connectivity index (χ4v) is 4.25. The summed E-state index contributed by atoms with van der Waals surface area (Å²) in [5.41, 5.74) is 6.22. The monoisotopic (exact) mass is 576 g/mol. The molecule has 4 N–H and O–H groups in total. The number of anilines is 1. The molecule has 11 heteroatoms. The van der Waals surface area contributed by atoms with Crippen molar-refractivity contribution in [2.45, 2.75) is 32.1 Å². The molecule has 36 heavy (non-hydrogen) atoms. The minimum absolute atomic E-state index is 0.0207. The number of rotatable bonds is 8. The van der Waals surface area contributed by atoms with E-state index < -0.39 is 11.8 Å². The van der Waals surface area contributed by atoms with Gasteiger partial charge in [0.1, 0.15) is 12.4 Å². The Morgan fingerprint density at radius 3 is 2.39 bits per heavy atom. The average molecular weight is 578 g/mol. The lowest BCUT2D eigenvalue weighted by atomic mass is 9.88. The van der Waals surface area contributed by atoms with Gasteiger partial charge in [0, 0.05) is 28.8 Å². The molecule has 0 saturated heterocycles. The van der Waals surface area contributed by atoms with Crippen molar-refractivity contribution in [1.82, 2.24) is 16.2 Å². The number of hydrazine groups is 1. The van der Waals surface area contributed by atoms with Gasteiger partial charge in [0.05, 0.1) is 12.2 Å². The molecular formula is C25H29BrN4O5S. The first-order valence-electron chi connectivity index (χ1n) is 11.6. The fraction of sp³-hybridized carbons (Fsp3) is 0.360. The highest BCUT2D eigenvalue weighted by atomic mass is 79.9. The molecule has 0 radical (unpaired) electrons. The van der Waals surface area contributed by atoms with Gasteiger partial charge in [-0.25, -0.2) is 0 Å². The summed E-state index contributed by atoms with van der Waals surface area (Å²) in [4.78, 5) is 37.6. The van der Waals surface area contributed by atoms with Gasteiger partial charge < -0.3 is 14.8 Å². The lowest BCUT2D eigenvalue weighted by Crippen LogP contribution is -2.48. The number of thiocarbonyl (C=S) groups is 1. The maximum atomic E-state index is 12.7. The maximum absolute atomic E-state index is 12.7. The van der Waals surface area contributed by atoms with Crippen molar-refractivity contribution in [3.05, 3.63) is 58.1 Å². The van der Waals surface area contributed by atoms with Gasteiger partial charge in [0.25, 0.3) is 11.8 Å². The highest BCUT2D eigenvalue weighted by Crippen LogP contribution is 2.25. The van der Waals surface area contributed by atoms with Crippen LogP contribution in [0.4, 0.5) is 5.69 Å². The average Bonchev–Trinajstić information content (AvgIpc) is 2.89. The highest BCUT2D eigenvalue weighted by Gasteiger charge is 2.21. The summed E-state index contributed by atoms with van der Waals surface area (Å²) in [5.74, 6) is -0.522. The molecule has 2 aromatic carbocycles. The second-order valence-electron chi connectivity index (χ2n) is 8.25. The number of halogens is 1. The minimum Gasteiger partial charge on any atom is -0.490 e. The largest absolute Gasteiger partial charge is 0.490 e. The first kappa shape index (κ1) is 27.6. The van der Waals surface area contributed by atoms with E-state index in [1.54, 1.807) is 49.6 Å². The van der Waals surface area contributed by atoms with E-state index in [9.17, 15) is 14.4 Å². The van der Waals surface area contributed by atoms with E-state index in [-0.39, 0.29) is 29.1 Å². The van der Waals surface area contributed by atoms with Crippen molar-refractivity contribution in [3.8, 4) is 5.75 Å². The van der Waals surface area contributed by atoms with Gasteiger partial charge in [-0.05, 0) is 67.5 Å². The molecular weight excluding hydrogens is 548 g/mol. The van der Waals surface area contributed by atoms with Crippen LogP contribution in [0.1, 0.15) is 52.8 Å². The van der Waals surface area contributed by atoms with Crippen molar-refractivity contribution in [3.63, 3.8) is 0 Å². The number of methoxy groups -OCH3 is 1. The van der Waals surface area contributed by atoms with Crippen LogP contribution in [0.25, 0.3) is 0 Å². The van der Waals surface area contributed by atoms with Crippen molar-refractivity contribution in [2.24, 2.45) is 5.92 Å². The first-order valence-corrected chi connectivity index (χ1v) is 12.8. The molecule has 1 fully saturated rings. The molecule has 0 aromatic heterocycles. The Morgan fingerprint density at radius 2 is 1.69 bits per heavy atom. The number of benzene rings is 2. The third-order valence-electron chi connectivity index (χ3n) is 5.64. The predicted molar refractivity (Wildman–Crippen MR) is 144 cm³/mol. The van der Waals surface area contributed by atoms with Crippen LogP contribution in [-0.2, 0) is 9.53 Å². The third kappa shape index (κ3) is 8.28. The van der Waals surface area contributed by atoms with Crippen molar-refractivity contribution in [1.29, 1.82) is 0 Å². The van der Waals surface area contributed by atoms with E-state index >= 15 is 0 Å². The first-order chi connectivity index (χ1) is 17.4. The number of amides is 3. The van der Waals surface area contributed by atoms with Gasteiger partial charge in [0.15, 0.2) is 5.11 Å². The standard InChI is InChI=1S/C25H29BrN4O5S/c1-34-13-14-35-21-12-9-18(26)15-20(21)24(33)28-25(36)30-29-23(32)17-7-10-19(11-8-17)27-22(31)16-5-3-2-4-6-16/h7-12,15-16H,2-6,13-14H2,1H3,(H,27,31)(H,29,32)(H2,28,30,33,36). The molecule has 0 spiro atoms. The van der Waals surface area contributed by atoms with E-state index in [0.717, 1.165) is 25.7 Å². The second kappa shape index (κ2) is 13.9. The molecule has 3 amide bonds. The number of carbonyl (C=O) groups is 3. The summed E-state index contributed by atoms with van der Waals surface area (Å²) in [5, 5.41) is 5.33. The maximum Gasteiger partial charge on any atom is 0.269 e. The van der Waals surface area contributed by atoms with E-state index in [1.807, 2.05) is 0 Å². The van der Waals surface area contributed by atoms with Gasteiger partial charge in [-0.1, -0.05) is 35.2 Å². The minimum atomic E-state index is -0.506. The van der Waals surface area contributed by atoms with Crippen LogP contribution in [0.15, 0.2) is 46.9 Å². The normalized spacial score (nSPS) is 13.4. The van der Waals surface area contributed by atoms with Crippen molar-refractivity contribution >= 4 is 56.7 Å². The van der Waals surface area contributed by atoms with Crippen LogP contribution in [0.2, 0.25) is 0 Å². The Bertz CT molecular complexity index is 1090. The summed E-state index contributed by atoms with van der Waals surface area (Å²) < 4.78 is 11.3. The van der Waals surface area contributed by atoms with Gasteiger partial charge >= 0.3 is 0 Å². The summed E-state index contributed by atoms with van der Waals surface area (Å²) in [6, 6.07) is 11.6. The van der Waals surface area contributed by atoms with Gasteiger partial charge in [-0.3, -0.25) is 30.6 Å². The summed E-state index contributed by atoms with van der Waals surface area (Å²) in [7, 11) is 1.56. The Hall–Kier alpha value is -3.02. The number of hydrogen-bond acceptors (Lipinski definition) is 6. The van der Waals surface area contributed by atoms with Crippen LogP contribution < -0.4 is 26.2 Å². The molecule has 0 unspecified atom stereocenters.